The molecule has 0 spiro atoms. The molecule has 9 heteroatoms. The maximum atomic E-state index is 12.5. The number of H-pyrrole nitrogens is 1. The first-order valence-electron chi connectivity index (χ1n) is 9.49. The van der Waals surface area contributed by atoms with E-state index in [0.29, 0.717) is 24.2 Å². The monoisotopic (exact) mass is 407 g/mol. The zero-order valence-electron chi connectivity index (χ0n) is 15.0. The second kappa shape index (κ2) is 7.16. The van der Waals surface area contributed by atoms with Gasteiger partial charge in [0.15, 0.2) is 5.13 Å². The van der Waals surface area contributed by atoms with E-state index in [-0.39, 0.29) is 5.56 Å². The largest absolute Gasteiger partial charge is 0.378 e. The number of rotatable bonds is 4. The summed E-state index contributed by atoms with van der Waals surface area (Å²) < 4.78 is 5.41. The van der Waals surface area contributed by atoms with Gasteiger partial charge in [0.25, 0.3) is 5.56 Å². The Kier molecular flexibility index (Phi) is 4.67. The molecule has 0 atom stereocenters. The van der Waals surface area contributed by atoms with Crippen LogP contribution >= 0.6 is 22.9 Å². The van der Waals surface area contributed by atoms with Crippen LogP contribution in [0.15, 0.2) is 4.79 Å². The molecular weight excluding hydrogens is 386 g/mol. The Morgan fingerprint density at radius 2 is 2.04 bits per heavy atom. The quantitative estimate of drug-likeness (QED) is 0.837. The first-order chi connectivity index (χ1) is 13.2. The van der Waals surface area contributed by atoms with Gasteiger partial charge in [0.05, 0.1) is 29.3 Å². The number of hydrogen-bond acceptors (Lipinski definition) is 7. The second-order valence-electron chi connectivity index (χ2n) is 7.42. The molecule has 0 bridgehead atoms. The lowest BCUT2D eigenvalue weighted by Crippen LogP contribution is -2.36. The molecule has 2 fully saturated rings. The Bertz CT molecular complexity index is 904. The maximum absolute atomic E-state index is 12.5. The Hall–Kier alpha value is -1.48. The fourth-order valence-corrected chi connectivity index (χ4v) is 5.05. The van der Waals surface area contributed by atoms with E-state index in [9.17, 15) is 4.79 Å². The normalized spacial score (nSPS) is 20.7. The predicted octanol–water partition coefficient (Wildman–Crippen LogP) is 2.15. The molecule has 2 aromatic rings. The van der Waals surface area contributed by atoms with Gasteiger partial charge >= 0.3 is 0 Å². The van der Waals surface area contributed by atoms with Gasteiger partial charge in [-0.05, 0) is 12.8 Å². The van der Waals surface area contributed by atoms with Crippen molar-refractivity contribution in [2.24, 2.45) is 0 Å². The summed E-state index contributed by atoms with van der Waals surface area (Å²) >= 11 is 8.06. The third kappa shape index (κ3) is 3.63. The molecule has 0 unspecified atom stereocenters. The highest BCUT2D eigenvalue weighted by Crippen LogP contribution is 2.38. The van der Waals surface area contributed by atoms with Gasteiger partial charge in [-0.15, -0.1) is 0 Å². The van der Waals surface area contributed by atoms with Crippen LogP contribution in [0, 0.1) is 0 Å². The van der Waals surface area contributed by atoms with Crippen molar-refractivity contribution in [1.29, 1.82) is 0 Å². The number of aromatic nitrogens is 3. The minimum Gasteiger partial charge on any atom is -0.378 e. The van der Waals surface area contributed by atoms with E-state index >= 15 is 0 Å². The number of morpholine rings is 1. The number of ether oxygens (including phenoxy) is 1. The van der Waals surface area contributed by atoms with Gasteiger partial charge in [-0.25, -0.2) is 9.97 Å². The van der Waals surface area contributed by atoms with Crippen molar-refractivity contribution in [3.05, 3.63) is 37.5 Å². The average Bonchev–Trinajstić information content (AvgIpc) is 3.47. The van der Waals surface area contributed by atoms with E-state index < -0.39 is 0 Å². The summed E-state index contributed by atoms with van der Waals surface area (Å²) in [6.07, 6.45) is 3.10. The van der Waals surface area contributed by atoms with E-state index in [4.69, 9.17) is 21.3 Å². The van der Waals surface area contributed by atoms with Gasteiger partial charge < -0.3 is 14.6 Å². The van der Waals surface area contributed by atoms with Crippen LogP contribution in [0.1, 0.15) is 40.7 Å². The third-order valence-electron chi connectivity index (χ3n) is 5.42. The predicted molar refractivity (Wildman–Crippen MR) is 105 cm³/mol. The molecule has 5 rings (SSSR count). The fourth-order valence-electron chi connectivity index (χ4n) is 3.70. The number of anilines is 1. The van der Waals surface area contributed by atoms with Crippen LogP contribution in [0.4, 0.5) is 5.13 Å². The van der Waals surface area contributed by atoms with Crippen molar-refractivity contribution in [1.82, 2.24) is 19.9 Å². The second-order valence-corrected chi connectivity index (χ2v) is 8.84. The number of thiazole rings is 1. The van der Waals surface area contributed by atoms with Gasteiger partial charge in [0, 0.05) is 45.1 Å². The van der Waals surface area contributed by atoms with Crippen LogP contribution in [-0.4, -0.2) is 52.7 Å². The highest BCUT2D eigenvalue weighted by molar-refractivity contribution is 7.16. The molecule has 4 heterocycles. The molecule has 27 heavy (non-hydrogen) atoms. The molecule has 0 amide bonds. The van der Waals surface area contributed by atoms with Crippen molar-refractivity contribution < 1.29 is 4.74 Å². The molecule has 2 aliphatic heterocycles. The van der Waals surface area contributed by atoms with E-state index in [1.807, 2.05) is 0 Å². The topological polar surface area (TPSA) is 74.4 Å². The van der Waals surface area contributed by atoms with Crippen LogP contribution in [0.25, 0.3) is 0 Å². The Balaban J connectivity index is 1.31. The molecule has 0 aromatic carbocycles. The van der Waals surface area contributed by atoms with Crippen LogP contribution in [0.2, 0.25) is 5.15 Å². The number of aromatic amines is 1. The van der Waals surface area contributed by atoms with Crippen molar-refractivity contribution in [2.75, 3.05) is 37.7 Å². The van der Waals surface area contributed by atoms with Gasteiger partial charge in [-0.1, -0.05) is 22.9 Å². The number of fused-ring (bicyclic) bond motifs is 1. The summed E-state index contributed by atoms with van der Waals surface area (Å²) in [4.78, 5) is 30.3. The summed E-state index contributed by atoms with van der Waals surface area (Å²) in [5.41, 5.74) is 1.80. The van der Waals surface area contributed by atoms with Crippen LogP contribution in [0.5, 0.6) is 0 Å². The minimum atomic E-state index is 0.0241. The molecule has 1 aliphatic carbocycles. The van der Waals surface area contributed by atoms with Crippen molar-refractivity contribution >= 4 is 28.1 Å². The Labute approximate surface area is 166 Å². The van der Waals surface area contributed by atoms with Crippen molar-refractivity contribution in [3.8, 4) is 0 Å². The standard InChI is InChI=1S/C18H22ClN5O2S/c19-15-14(27-18(21-15)24-5-7-26-8-6-24)10-23-4-3-13-12(9-23)17(25)22-16(20-13)11-1-2-11/h11H,1-10H2,(H,20,22,25). The molecular formula is C18H22ClN5O2S. The molecule has 3 aliphatic rings. The Morgan fingerprint density at radius 3 is 2.81 bits per heavy atom. The highest BCUT2D eigenvalue weighted by atomic mass is 35.5. The molecule has 2 aromatic heterocycles. The average molecular weight is 408 g/mol. The van der Waals surface area contributed by atoms with E-state index in [1.54, 1.807) is 11.3 Å². The van der Waals surface area contributed by atoms with Gasteiger partial charge in [-0.3, -0.25) is 9.69 Å². The van der Waals surface area contributed by atoms with Gasteiger partial charge in [0.2, 0.25) is 0 Å². The minimum absolute atomic E-state index is 0.0241. The molecule has 144 valence electrons. The lowest BCUT2D eigenvalue weighted by Gasteiger charge is -2.27. The van der Waals surface area contributed by atoms with Gasteiger partial charge in [0.1, 0.15) is 11.0 Å². The van der Waals surface area contributed by atoms with Crippen molar-refractivity contribution in [2.45, 2.75) is 38.3 Å². The number of nitrogens with zero attached hydrogens (tertiary/aromatic N) is 4. The first kappa shape index (κ1) is 17.6. The first-order valence-corrected chi connectivity index (χ1v) is 10.7. The summed E-state index contributed by atoms with van der Waals surface area (Å²) in [5, 5.41) is 1.53. The number of nitrogens with one attached hydrogen (secondary N) is 1. The summed E-state index contributed by atoms with van der Waals surface area (Å²) in [6, 6.07) is 0. The molecule has 1 N–H and O–H groups in total. The maximum Gasteiger partial charge on any atom is 0.255 e. The Morgan fingerprint density at radius 1 is 1.22 bits per heavy atom. The zero-order valence-corrected chi connectivity index (χ0v) is 16.6. The lowest BCUT2D eigenvalue weighted by atomic mass is 10.1. The fraction of sp³-hybridized carbons (Fsp3) is 0.611. The summed E-state index contributed by atoms with van der Waals surface area (Å²) in [5.74, 6) is 1.35. The zero-order chi connectivity index (χ0) is 18.4. The van der Waals surface area contributed by atoms with E-state index in [1.165, 1.54) is 0 Å². The van der Waals surface area contributed by atoms with Gasteiger partial charge in [-0.2, -0.15) is 0 Å². The summed E-state index contributed by atoms with van der Waals surface area (Å²) in [7, 11) is 0. The van der Waals surface area contributed by atoms with E-state index in [2.05, 4.69) is 19.8 Å². The molecule has 7 nitrogen and oxygen atoms in total. The molecule has 1 saturated carbocycles. The van der Waals surface area contributed by atoms with Crippen LogP contribution < -0.4 is 10.5 Å². The van der Waals surface area contributed by atoms with Crippen LogP contribution in [-0.2, 0) is 24.2 Å². The molecule has 1 saturated heterocycles. The summed E-state index contributed by atoms with van der Waals surface area (Å²) in [6.45, 7) is 5.38. The highest BCUT2D eigenvalue weighted by Gasteiger charge is 2.29. The van der Waals surface area contributed by atoms with Crippen LogP contribution in [0.3, 0.4) is 0 Å². The number of halogens is 1. The SMILES string of the molecule is O=c1[nH]c(C2CC2)nc2c1CN(Cc1sc(N3CCOCC3)nc1Cl)CC2. The van der Waals surface area contributed by atoms with Crippen molar-refractivity contribution in [3.63, 3.8) is 0 Å². The smallest absolute Gasteiger partial charge is 0.255 e. The molecule has 0 radical (unpaired) electrons. The number of hydrogen-bond donors (Lipinski definition) is 1. The third-order valence-corrected chi connectivity index (χ3v) is 6.94. The lowest BCUT2D eigenvalue weighted by molar-refractivity contribution is 0.122. The van der Waals surface area contributed by atoms with E-state index in [0.717, 1.165) is 79.2 Å².